The van der Waals surface area contributed by atoms with Crippen molar-refractivity contribution < 1.29 is 4.48 Å². The predicted molar refractivity (Wildman–Crippen MR) is 40.5 cm³/mol. The third-order valence-electron chi connectivity index (χ3n) is 0.919. The van der Waals surface area contributed by atoms with Crippen molar-refractivity contribution in [2.45, 2.75) is 13.3 Å². The second kappa shape index (κ2) is 6.35. The number of nitrogens with zero attached hydrogens (tertiary/aromatic N) is 1. The lowest BCUT2D eigenvalue weighted by molar-refractivity contribution is 0.341. The van der Waals surface area contributed by atoms with Gasteiger partial charge in [0.2, 0.25) is 0 Å². The van der Waals surface area contributed by atoms with E-state index in [2.05, 4.69) is 4.99 Å². The molecular weight excluding hydrogens is 133 g/mol. The highest BCUT2D eigenvalue weighted by Crippen LogP contribution is 1.78. The van der Waals surface area contributed by atoms with Crippen molar-refractivity contribution in [2.75, 3.05) is 13.1 Å². The summed E-state index contributed by atoms with van der Waals surface area (Å²) in [7, 11) is 0. The summed E-state index contributed by atoms with van der Waals surface area (Å²) in [6.07, 6.45) is 1.84. The second-order valence-corrected chi connectivity index (χ2v) is 1.79. The Morgan fingerprint density at radius 3 is 3.00 bits per heavy atom. The number of aliphatic imine (C=N–C) groups is 1. The maximum atomic E-state index is 11.3. The highest BCUT2D eigenvalue weighted by Gasteiger charge is 1.89. The van der Waals surface area contributed by atoms with Gasteiger partial charge in [-0.2, -0.15) is 5.54 Å². The summed E-state index contributed by atoms with van der Waals surface area (Å²) in [4.78, 5) is 3.82. The van der Waals surface area contributed by atoms with E-state index in [1.807, 2.05) is 6.92 Å². The van der Waals surface area contributed by atoms with Crippen LogP contribution in [0.3, 0.4) is 0 Å². The van der Waals surface area contributed by atoms with Gasteiger partial charge in [-0.05, 0) is 6.92 Å². The Morgan fingerprint density at radius 1 is 1.80 bits per heavy atom. The molecule has 0 amide bonds. The minimum absolute atomic E-state index is 0.189. The molecule has 0 saturated heterocycles. The quantitative estimate of drug-likeness (QED) is 0.439. The number of hydrogen-bond donors (Lipinski definition) is 2. The largest absolute Gasteiger partial charge is 0.304 e. The molecule has 0 aromatic rings. The van der Waals surface area contributed by atoms with Crippen LogP contribution in [0.2, 0.25) is 0 Å². The molecule has 0 fully saturated rings. The molecule has 10 heavy (non-hydrogen) atoms. The summed E-state index contributed by atoms with van der Waals surface area (Å²) >= 11 is 0. The van der Waals surface area contributed by atoms with Gasteiger partial charge in [0.15, 0.2) is 0 Å². The average molecular weight is 145 g/mol. The predicted octanol–water partition coefficient (Wildman–Crippen LogP) is 0.961. The van der Waals surface area contributed by atoms with Crippen LogP contribution in [0.15, 0.2) is 4.99 Å². The Balaban J connectivity index is 3.34. The van der Waals surface area contributed by atoms with Gasteiger partial charge in [0.25, 0.3) is 0 Å². The van der Waals surface area contributed by atoms with Gasteiger partial charge in [0, 0.05) is 25.7 Å². The zero-order valence-corrected chi connectivity index (χ0v) is 6.02. The van der Waals surface area contributed by atoms with E-state index in [1.54, 1.807) is 0 Å². The van der Waals surface area contributed by atoms with Crippen molar-refractivity contribution in [3.8, 4) is 0 Å². The zero-order chi connectivity index (χ0) is 7.82. The molecule has 0 aromatic carbocycles. The van der Waals surface area contributed by atoms with E-state index in [1.165, 1.54) is 11.8 Å². The van der Waals surface area contributed by atoms with Crippen molar-refractivity contribution >= 4 is 11.9 Å². The number of rotatable bonds is 5. The normalized spacial score (nSPS) is 10.6. The molecule has 2 N–H and O–H groups in total. The third kappa shape index (κ3) is 5.37. The van der Waals surface area contributed by atoms with Gasteiger partial charge >= 0.3 is 0 Å². The highest BCUT2D eigenvalue weighted by atomic mass is 19.2. The molecule has 0 saturated carbocycles. The van der Waals surface area contributed by atoms with Crippen molar-refractivity contribution in [3.63, 3.8) is 0 Å². The Morgan fingerprint density at radius 2 is 2.50 bits per heavy atom. The lowest BCUT2D eigenvalue weighted by Crippen LogP contribution is -2.09. The summed E-state index contributed by atoms with van der Waals surface area (Å²) in [5.74, 6) is 0. The lowest BCUT2D eigenvalue weighted by atomic mass is 10.3. The first kappa shape index (κ1) is 9.23. The molecule has 0 spiro atoms. The Labute approximate surface area is 59.8 Å². The first-order valence-corrected chi connectivity index (χ1v) is 3.22. The van der Waals surface area contributed by atoms with E-state index in [0.29, 0.717) is 18.7 Å². The molecule has 0 aromatic heterocycles. The van der Waals surface area contributed by atoms with Gasteiger partial charge in [-0.15, -0.1) is 4.48 Å². The number of hydrogen-bond acceptors (Lipinski definition) is 3. The van der Waals surface area contributed by atoms with Crippen LogP contribution < -0.4 is 5.54 Å². The Bertz CT molecular complexity index is 122. The third-order valence-corrected chi connectivity index (χ3v) is 0.919. The van der Waals surface area contributed by atoms with E-state index < -0.39 is 0 Å². The fourth-order valence-electron chi connectivity index (χ4n) is 0.448. The zero-order valence-electron chi connectivity index (χ0n) is 6.02. The fourth-order valence-corrected chi connectivity index (χ4v) is 0.448. The van der Waals surface area contributed by atoms with Crippen LogP contribution in [-0.4, -0.2) is 25.0 Å². The molecule has 0 bridgehead atoms. The fraction of sp³-hybridized carbons (Fsp3) is 0.667. The standard InChI is InChI=1S/C6H12FN3/c1-2-9-5-6(8)3-4-10-7/h5,8,10H,2-4H2,1H3. The Hall–Kier alpha value is -0.770. The number of halogens is 1. The summed E-state index contributed by atoms with van der Waals surface area (Å²) in [6.45, 7) is 2.75. The van der Waals surface area contributed by atoms with Crippen LogP contribution in [0.5, 0.6) is 0 Å². The van der Waals surface area contributed by atoms with E-state index in [4.69, 9.17) is 5.41 Å². The summed E-state index contributed by atoms with van der Waals surface area (Å²) in [5.41, 5.74) is 1.83. The minimum atomic E-state index is 0.189. The molecule has 0 aliphatic carbocycles. The topological polar surface area (TPSA) is 48.2 Å². The average Bonchev–Trinajstić information content (AvgIpc) is 1.97. The molecule has 0 heterocycles. The second-order valence-electron chi connectivity index (χ2n) is 1.79. The SMILES string of the molecule is CCN=CC(=N)CCNF. The molecule has 0 aliphatic heterocycles. The van der Waals surface area contributed by atoms with Gasteiger partial charge in [-0.1, -0.05) is 0 Å². The van der Waals surface area contributed by atoms with E-state index >= 15 is 0 Å². The highest BCUT2D eigenvalue weighted by molar-refractivity contribution is 6.29. The monoisotopic (exact) mass is 145 g/mol. The van der Waals surface area contributed by atoms with E-state index in [0.717, 1.165) is 0 Å². The maximum Gasteiger partial charge on any atom is 0.0505 e. The molecular formula is C6H12FN3. The van der Waals surface area contributed by atoms with Crippen LogP contribution in [0.25, 0.3) is 0 Å². The van der Waals surface area contributed by atoms with Crippen molar-refractivity contribution in [2.24, 2.45) is 4.99 Å². The Kier molecular flexibility index (Phi) is 5.86. The van der Waals surface area contributed by atoms with E-state index in [-0.39, 0.29) is 6.54 Å². The van der Waals surface area contributed by atoms with Crippen LogP contribution in [0, 0.1) is 5.41 Å². The molecule has 3 nitrogen and oxygen atoms in total. The van der Waals surface area contributed by atoms with Crippen LogP contribution in [-0.2, 0) is 0 Å². The van der Waals surface area contributed by atoms with Crippen LogP contribution in [0.4, 0.5) is 4.48 Å². The minimum Gasteiger partial charge on any atom is -0.304 e. The van der Waals surface area contributed by atoms with Crippen LogP contribution >= 0.6 is 0 Å². The molecule has 58 valence electrons. The van der Waals surface area contributed by atoms with Crippen molar-refractivity contribution in [1.82, 2.24) is 5.54 Å². The van der Waals surface area contributed by atoms with Gasteiger partial charge in [0.1, 0.15) is 0 Å². The van der Waals surface area contributed by atoms with E-state index in [9.17, 15) is 4.48 Å². The first-order chi connectivity index (χ1) is 4.81. The molecule has 0 radical (unpaired) electrons. The summed E-state index contributed by atoms with van der Waals surface area (Å²) in [5, 5.41) is 7.14. The molecule has 0 aliphatic rings. The first-order valence-electron chi connectivity index (χ1n) is 3.22. The molecule has 0 rings (SSSR count). The van der Waals surface area contributed by atoms with Crippen molar-refractivity contribution in [3.05, 3.63) is 0 Å². The molecule has 4 heteroatoms. The van der Waals surface area contributed by atoms with Gasteiger partial charge < -0.3 is 5.41 Å². The lowest BCUT2D eigenvalue weighted by Gasteiger charge is -1.92. The molecule has 0 atom stereocenters. The molecule has 0 unspecified atom stereocenters. The smallest absolute Gasteiger partial charge is 0.0505 e. The van der Waals surface area contributed by atoms with Crippen molar-refractivity contribution in [1.29, 1.82) is 5.41 Å². The van der Waals surface area contributed by atoms with Gasteiger partial charge in [-0.25, -0.2) is 0 Å². The number of nitrogens with one attached hydrogen (secondary N) is 2. The summed E-state index contributed by atoms with van der Waals surface area (Å²) in [6, 6.07) is 0. The summed E-state index contributed by atoms with van der Waals surface area (Å²) < 4.78 is 11.3. The van der Waals surface area contributed by atoms with Gasteiger partial charge in [0.05, 0.1) is 5.71 Å². The van der Waals surface area contributed by atoms with Crippen LogP contribution in [0.1, 0.15) is 13.3 Å². The maximum absolute atomic E-state index is 11.3. The van der Waals surface area contributed by atoms with Gasteiger partial charge in [-0.3, -0.25) is 4.99 Å².